The number of halogens is 1. The van der Waals surface area contributed by atoms with Crippen molar-refractivity contribution in [3.8, 4) is 11.5 Å². The number of hydrogen-bond acceptors (Lipinski definition) is 4. The zero-order valence-electron chi connectivity index (χ0n) is 17.4. The van der Waals surface area contributed by atoms with Crippen LogP contribution in [-0.4, -0.2) is 23.0 Å². The molecule has 3 N–H and O–H groups in total. The van der Waals surface area contributed by atoms with Crippen LogP contribution in [-0.2, 0) is 4.79 Å². The van der Waals surface area contributed by atoms with Gasteiger partial charge in [-0.2, -0.15) is 0 Å². The fourth-order valence-corrected chi connectivity index (χ4v) is 2.98. The Hall–Kier alpha value is -3.51. The summed E-state index contributed by atoms with van der Waals surface area (Å²) in [6.07, 6.45) is -0.790. The number of phenols is 1. The third-order valence-corrected chi connectivity index (χ3v) is 4.92. The molecular formula is C24H23ClN2O4. The van der Waals surface area contributed by atoms with Crippen molar-refractivity contribution in [3.63, 3.8) is 0 Å². The number of amides is 2. The van der Waals surface area contributed by atoms with Crippen molar-refractivity contribution >= 4 is 34.8 Å². The van der Waals surface area contributed by atoms with Crippen LogP contribution in [0.2, 0.25) is 5.02 Å². The molecule has 0 saturated carbocycles. The SMILES string of the molecule is Cc1ccc(OC(C)C(=O)Nc2cc(O)c(NC(=O)c3ccc(C)cc3)cc2Cl)cc1. The van der Waals surface area contributed by atoms with Gasteiger partial charge in [0.1, 0.15) is 11.5 Å². The van der Waals surface area contributed by atoms with Gasteiger partial charge in [0.05, 0.1) is 16.4 Å². The van der Waals surface area contributed by atoms with Gasteiger partial charge >= 0.3 is 0 Å². The van der Waals surface area contributed by atoms with Crippen LogP contribution in [0.15, 0.2) is 60.7 Å². The zero-order valence-corrected chi connectivity index (χ0v) is 18.2. The Kier molecular flexibility index (Phi) is 6.82. The summed E-state index contributed by atoms with van der Waals surface area (Å²) in [5.74, 6) is -0.481. The molecule has 0 aliphatic rings. The fraction of sp³-hybridized carbons (Fsp3) is 0.167. The summed E-state index contributed by atoms with van der Waals surface area (Å²) in [6, 6.07) is 17.0. The quantitative estimate of drug-likeness (QED) is 0.454. The number of ether oxygens (including phenoxy) is 1. The summed E-state index contributed by atoms with van der Waals surface area (Å²) in [4.78, 5) is 24.9. The second kappa shape index (κ2) is 9.53. The van der Waals surface area contributed by atoms with E-state index in [0.29, 0.717) is 11.3 Å². The zero-order chi connectivity index (χ0) is 22.5. The molecule has 6 nitrogen and oxygen atoms in total. The van der Waals surface area contributed by atoms with Crippen molar-refractivity contribution in [3.05, 3.63) is 82.4 Å². The van der Waals surface area contributed by atoms with E-state index in [-0.39, 0.29) is 28.1 Å². The molecule has 0 saturated heterocycles. The number of aromatic hydroxyl groups is 1. The molecule has 0 aromatic heterocycles. The number of phenolic OH excluding ortho intramolecular Hbond substituents is 1. The monoisotopic (exact) mass is 438 g/mol. The normalized spacial score (nSPS) is 11.5. The minimum atomic E-state index is -0.790. The van der Waals surface area contributed by atoms with E-state index in [0.717, 1.165) is 11.1 Å². The van der Waals surface area contributed by atoms with E-state index in [4.69, 9.17) is 16.3 Å². The number of carbonyl (C=O) groups excluding carboxylic acids is 2. The van der Waals surface area contributed by atoms with Crippen LogP contribution in [0, 0.1) is 13.8 Å². The molecule has 0 aliphatic carbocycles. The first-order valence-corrected chi connectivity index (χ1v) is 10.1. The maximum absolute atomic E-state index is 12.5. The lowest BCUT2D eigenvalue weighted by Gasteiger charge is -2.16. The lowest BCUT2D eigenvalue weighted by atomic mass is 10.1. The first kappa shape index (κ1) is 22.2. The number of nitrogens with one attached hydrogen (secondary N) is 2. The first-order valence-electron chi connectivity index (χ1n) is 9.67. The van der Waals surface area contributed by atoms with Gasteiger partial charge in [-0.15, -0.1) is 0 Å². The number of aryl methyl sites for hydroxylation is 2. The van der Waals surface area contributed by atoms with E-state index in [1.807, 2.05) is 38.1 Å². The lowest BCUT2D eigenvalue weighted by Crippen LogP contribution is -2.30. The van der Waals surface area contributed by atoms with Gasteiger partial charge in [-0.3, -0.25) is 9.59 Å². The van der Waals surface area contributed by atoms with Gasteiger partial charge in [0, 0.05) is 11.6 Å². The van der Waals surface area contributed by atoms with Crippen LogP contribution in [0.1, 0.15) is 28.4 Å². The standard InChI is InChI=1S/C24H23ClN2O4/c1-14-4-8-17(9-5-14)24(30)27-21-12-19(25)20(13-22(21)28)26-23(29)16(3)31-18-10-6-15(2)7-11-18/h4-13,16,28H,1-3H3,(H,26,29)(H,27,30). The second-order valence-electron chi connectivity index (χ2n) is 7.23. The van der Waals surface area contributed by atoms with Gasteiger partial charge in [0.15, 0.2) is 6.10 Å². The molecule has 3 aromatic carbocycles. The van der Waals surface area contributed by atoms with Gasteiger partial charge in [0.25, 0.3) is 11.8 Å². The average molecular weight is 439 g/mol. The molecule has 0 fully saturated rings. The topological polar surface area (TPSA) is 87.7 Å². The van der Waals surface area contributed by atoms with E-state index in [1.165, 1.54) is 12.1 Å². The summed E-state index contributed by atoms with van der Waals surface area (Å²) in [7, 11) is 0. The molecule has 1 unspecified atom stereocenters. The van der Waals surface area contributed by atoms with E-state index in [1.54, 1.807) is 31.2 Å². The first-order chi connectivity index (χ1) is 14.7. The number of anilines is 2. The molecule has 31 heavy (non-hydrogen) atoms. The molecule has 0 heterocycles. The maximum Gasteiger partial charge on any atom is 0.265 e. The molecule has 160 valence electrons. The summed E-state index contributed by atoms with van der Waals surface area (Å²) >= 11 is 6.26. The summed E-state index contributed by atoms with van der Waals surface area (Å²) in [5.41, 5.74) is 2.90. The van der Waals surface area contributed by atoms with Gasteiger partial charge in [-0.1, -0.05) is 47.0 Å². The molecule has 3 rings (SSSR count). The molecule has 2 amide bonds. The van der Waals surface area contributed by atoms with Crippen molar-refractivity contribution in [1.29, 1.82) is 0 Å². The minimum absolute atomic E-state index is 0.137. The lowest BCUT2D eigenvalue weighted by molar-refractivity contribution is -0.122. The summed E-state index contributed by atoms with van der Waals surface area (Å²) < 4.78 is 5.63. The van der Waals surface area contributed by atoms with Crippen LogP contribution in [0.3, 0.4) is 0 Å². The molecule has 1 atom stereocenters. The highest BCUT2D eigenvalue weighted by Crippen LogP contribution is 2.34. The van der Waals surface area contributed by atoms with E-state index in [9.17, 15) is 14.7 Å². The van der Waals surface area contributed by atoms with Gasteiger partial charge in [-0.25, -0.2) is 0 Å². The molecule has 0 bridgehead atoms. The fourth-order valence-electron chi connectivity index (χ4n) is 2.77. The Morgan fingerprint density at radius 2 is 1.48 bits per heavy atom. The molecular weight excluding hydrogens is 416 g/mol. The van der Waals surface area contributed by atoms with Crippen molar-refractivity contribution in [2.45, 2.75) is 26.9 Å². The van der Waals surface area contributed by atoms with Gasteiger partial charge < -0.3 is 20.5 Å². The van der Waals surface area contributed by atoms with Crippen molar-refractivity contribution in [2.75, 3.05) is 10.6 Å². The number of carbonyl (C=O) groups is 2. The highest BCUT2D eigenvalue weighted by atomic mass is 35.5. The van der Waals surface area contributed by atoms with E-state index >= 15 is 0 Å². The molecule has 7 heteroatoms. The number of benzene rings is 3. The van der Waals surface area contributed by atoms with Crippen LogP contribution >= 0.6 is 11.6 Å². The highest BCUT2D eigenvalue weighted by Gasteiger charge is 2.18. The predicted octanol–water partition coefficient (Wildman–Crippen LogP) is 5.32. The van der Waals surface area contributed by atoms with Gasteiger partial charge in [-0.05, 0) is 51.1 Å². The van der Waals surface area contributed by atoms with Gasteiger partial charge in [0.2, 0.25) is 0 Å². The van der Waals surface area contributed by atoms with Crippen LogP contribution in [0.4, 0.5) is 11.4 Å². The molecule has 0 radical (unpaired) electrons. The average Bonchev–Trinajstić information content (AvgIpc) is 2.73. The third kappa shape index (κ3) is 5.77. The van der Waals surface area contributed by atoms with Crippen molar-refractivity contribution < 1.29 is 19.4 Å². The van der Waals surface area contributed by atoms with Crippen LogP contribution in [0.5, 0.6) is 11.5 Å². The second-order valence-corrected chi connectivity index (χ2v) is 7.64. The predicted molar refractivity (Wildman–Crippen MR) is 122 cm³/mol. The Morgan fingerprint density at radius 3 is 2.10 bits per heavy atom. The molecule has 0 spiro atoms. The van der Waals surface area contributed by atoms with Crippen LogP contribution < -0.4 is 15.4 Å². The third-order valence-electron chi connectivity index (χ3n) is 4.61. The minimum Gasteiger partial charge on any atom is -0.506 e. The molecule has 3 aromatic rings. The van der Waals surface area contributed by atoms with Crippen LogP contribution in [0.25, 0.3) is 0 Å². The van der Waals surface area contributed by atoms with E-state index < -0.39 is 12.0 Å². The number of rotatable bonds is 6. The highest BCUT2D eigenvalue weighted by molar-refractivity contribution is 6.34. The van der Waals surface area contributed by atoms with Crippen molar-refractivity contribution in [1.82, 2.24) is 0 Å². The Balaban J connectivity index is 1.67. The maximum atomic E-state index is 12.5. The summed E-state index contributed by atoms with van der Waals surface area (Å²) in [5, 5.41) is 15.7. The largest absolute Gasteiger partial charge is 0.506 e. The summed E-state index contributed by atoms with van der Waals surface area (Å²) in [6.45, 7) is 5.49. The Labute approximate surface area is 185 Å². The van der Waals surface area contributed by atoms with E-state index in [2.05, 4.69) is 10.6 Å². The smallest absolute Gasteiger partial charge is 0.265 e. The van der Waals surface area contributed by atoms with Crippen molar-refractivity contribution in [2.24, 2.45) is 0 Å². The Morgan fingerprint density at radius 1 is 0.903 bits per heavy atom. The molecule has 0 aliphatic heterocycles. The Bertz CT molecular complexity index is 1100. The number of hydrogen-bond donors (Lipinski definition) is 3.